The maximum absolute atomic E-state index is 12.5. The van der Waals surface area contributed by atoms with Crippen LogP contribution < -0.4 is 10.1 Å². The second kappa shape index (κ2) is 10.9. The average Bonchev–Trinajstić information content (AvgIpc) is 3.34. The van der Waals surface area contributed by atoms with E-state index >= 15 is 0 Å². The Balaban J connectivity index is 1.66. The molecule has 0 aliphatic carbocycles. The maximum atomic E-state index is 12.5. The largest absolute Gasteiger partial charge is 0.488 e. The highest BCUT2D eigenvalue weighted by Crippen LogP contribution is 2.28. The van der Waals surface area contributed by atoms with Crippen LogP contribution in [0.25, 0.3) is 11.3 Å². The van der Waals surface area contributed by atoms with Crippen molar-refractivity contribution in [2.24, 2.45) is 0 Å². The van der Waals surface area contributed by atoms with Crippen LogP contribution in [0, 0.1) is 6.92 Å². The van der Waals surface area contributed by atoms with Crippen molar-refractivity contribution in [1.82, 2.24) is 30.3 Å². The molecule has 2 aromatic heterocycles. The van der Waals surface area contributed by atoms with Crippen LogP contribution in [0.4, 0.5) is 0 Å². The molecule has 0 saturated carbocycles. The number of hydrogen-bond donors (Lipinski definition) is 1. The zero-order valence-corrected chi connectivity index (χ0v) is 20.7. The number of carbonyl (C=O) groups is 2. The predicted molar refractivity (Wildman–Crippen MR) is 130 cm³/mol. The first kappa shape index (κ1) is 25.5. The number of rotatable bonds is 9. The van der Waals surface area contributed by atoms with Crippen molar-refractivity contribution < 1.29 is 18.8 Å². The lowest BCUT2D eigenvalue weighted by atomic mass is 9.97. The SMILES string of the molecule is C=CC(=O)N(C)CCOc1cncnc1-c1ccc(CNC(=O)c2noc(C(C)(C)C)n2)c(C)c1. The summed E-state index contributed by atoms with van der Waals surface area (Å²) in [5.74, 6) is 0.348. The van der Waals surface area contributed by atoms with Crippen molar-refractivity contribution >= 4 is 11.8 Å². The molecular weight excluding hydrogens is 448 g/mol. The zero-order valence-electron chi connectivity index (χ0n) is 20.7. The van der Waals surface area contributed by atoms with Gasteiger partial charge in [-0.05, 0) is 30.2 Å². The molecule has 0 bridgehead atoms. The van der Waals surface area contributed by atoms with E-state index in [4.69, 9.17) is 9.26 Å². The zero-order chi connectivity index (χ0) is 25.6. The van der Waals surface area contributed by atoms with E-state index in [9.17, 15) is 9.59 Å². The molecular formula is C25H30N6O4. The molecule has 1 N–H and O–H groups in total. The minimum atomic E-state index is -0.404. The Hall–Kier alpha value is -4.08. The van der Waals surface area contributed by atoms with E-state index in [1.807, 2.05) is 45.9 Å². The van der Waals surface area contributed by atoms with Gasteiger partial charge in [0.2, 0.25) is 11.8 Å². The van der Waals surface area contributed by atoms with Gasteiger partial charge in [-0.3, -0.25) is 9.59 Å². The van der Waals surface area contributed by atoms with Crippen LogP contribution in [0.1, 0.15) is 48.4 Å². The maximum Gasteiger partial charge on any atom is 0.292 e. The second-order valence-electron chi connectivity index (χ2n) is 9.05. The molecule has 35 heavy (non-hydrogen) atoms. The highest BCUT2D eigenvalue weighted by Gasteiger charge is 2.24. The minimum absolute atomic E-state index is 0.00686. The lowest BCUT2D eigenvalue weighted by Gasteiger charge is -2.16. The summed E-state index contributed by atoms with van der Waals surface area (Å²) in [5, 5.41) is 6.61. The molecule has 10 nitrogen and oxygen atoms in total. The minimum Gasteiger partial charge on any atom is -0.488 e. The lowest BCUT2D eigenvalue weighted by molar-refractivity contribution is -0.125. The first-order valence-electron chi connectivity index (χ1n) is 11.1. The number of likely N-dealkylation sites (N-methyl/N-ethyl adjacent to an activating group) is 1. The second-order valence-corrected chi connectivity index (χ2v) is 9.05. The van der Waals surface area contributed by atoms with Gasteiger partial charge in [0.15, 0.2) is 5.75 Å². The van der Waals surface area contributed by atoms with Gasteiger partial charge in [-0.15, -0.1) is 0 Å². The number of nitrogens with zero attached hydrogens (tertiary/aromatic N) is 5. The Kier molecular flexibility index (Phi) is 7.95. The molecule has 0 atom stereocenters. The van der Waals surface area contributed by atoms with Gasteiger partial charge >= 0.3 is 0 Å². The highest BCUT2D eigenvalue weighted by atomic mass is 16.5. The van der Waals surface area contributed by atoms with Gasteiger partial charge in [-0.1, -0.05) is 44.6 Å². The van der Waals surface area contributed by atoms with Crippen molar-refractivity contribution in [3.8, 4) is 17.0 Å². The van der Waals surface area contributed by atoms with Crippen LogP contribution in [0.3, 0.4) is 0 Å². The predicted octanol–water partition coefficient (Wildman–Crippen LogP) is 3.09. The molecule has 184 valence electrons. The number of nitrogens with one attached hydrogen (secondary N) is 1. The van der Waals surface area contributed by atoms with Gasteiger partial charge < -0.3 is 19.5 Å². The number of hydrogen-bond acceptors (Lipinski definition) is 8. The van der Waals surface area contributed by atoms with Crippen molar-refractivity contribution in [2.75, 3.05) is 20.2 Å². The van der Waals surface area contributed by atoms with Gasteiger partial charge in [0.05, 0.1) is 12.7 Å². The van der Waals surface area contributed by atoms with Crippen LogP contribution in [0.2, 0.25) is 0 Å². The molecule has 3 aromatic rings. The number of aryl methyl sites for hydroxylation is 1. The van der Waals surface area contributed by atoms with E-state index in [1.165, 1.54) is 17.3 Å². The van der Waals surface area contributed by atoms with Gasteiger partial charge in [0.1, 0.15) is 18.6 Å². The summed E-state index contributed by atoms with van der Waals surface area (Å²) in [7, 11) is 1.68. The van der Waals surface area contributed by atoms with E-state index in [0.717, 1.165) is 16.7 Å². The molecule has 0 saturated heterocycles. The van der Waals surface area contributed by atoms with Crippen molar-refractivity contribution in [1.29, 1.82) is 0 Å². The first-order valence-corrected chi connectivity index (χ1v) is 11.1. The normalized spacial score (nSPS) is 11.1. The molecule has 1 aromatic carbocycles. The number of carbonyl (C=O) groups excluding carboxylic acids is 2. The first-order chi connectivity index (χ1) is 16.6. The average molecular weight is 479 g/mol. The number of ether oxygens (including phenoxy) is 1. The van der Waals surface area contributed by atoms with Crippen molar-refractivity contribution in [3.63, 3.8) is 0 Å². The fourth-order valence-corrected chi connectivity index (χ4v) is 3.11. The Morgan fingerprint density at radius 2 is 2.06 bits per heavy atom. The van der Waals surface area contributed by atoms with E-state index in [1.54, 1.807) is 13.2 Å². The van der Waals surface area contributed by atoms with Crippen LogP contribution in [-0.2, 0) is 16.8 Å². The van der Waals surface area contributed by atoms with Crippen LogP contribution in [0.5, 0.6) is 5.75 Å². The Bertz CT molecular complexity index is 1210. The monoisotopic (exact) mass is 478 g/mol. The molecule has 0 radical (unpaired) electrons. The van der Waals surface area contributed by atoms with Crippen molar-refractivity contribution in [3.05, 3.63) is 66.2 Å². The molecule has 0 aliphatic rings. The lowest BCUT2D eigenvalue weighted by Crippen LogP contribution is -2.29. The molecule has 3 rings (SSSR count). The summed E-state index contributed by atoms with van der Waals surface area (Å²) in [5.41, 5.74) is 3.05. The third-order valence-electron chi connectivity index (χ3n) is 5.24. The van der Waals surface area contributed by atoms with Crippen molar-refractivity contribution in [2.45, 2.75) is 39.7 Å². The van der Waals surface area contributed by atoms with E-state index < -0.39 is 5.91 Å². The Labute approximate surface area is 204 Å². The number of benzene rings is 1. The molecule has 0 spiro atoms. The topological polar surface area (TPSA) is 123 Å². The van der Waals surface area contributed by atoms with Crippen LogP contribution in [0.15, 0.2) is 47.9 Å². The Morgan fingerprint density at radius 1 is 1.29 bits per heavy atom. The van der Waals surface area contributed by atoms with Crippen LogP contribution >= 0.6 is 0 Å². The standard InChI is InChI=1S/C25H30N6O4/c1-7-20(32)31(6)10-11-34-19-14-26-15-28-21(19)17-8-9-18(16(2)12-17)13-27-23(33)22-29-24(35-30-22)25(3,4)5/h7-9,12,14-15H,1,10-11,13H2,2-6H3,(H,27,33). The number of amides is 2. The smallest absolute Gasteiger partial charge is 0.292 e. The third kappa shape index (κ3) is 6.50. The summed E-state index contributed by atoms with van der Waals surface area (Å²) < 4.78 is 11.0. The molecule has 2 heterocycles. The summed E-state index contributed by atoms with van der Waals surface area (Å²) in [4.78, 5) is 38.2. The summed E-state index contributed by atoms with van der Waals surface area (Å²) in [6, 6.07) is 5.80. The van der Waals surface area contributed by atoms with Crippen LogP contribution in [-0.4, -0.2) is 57.0 Å². The van der Waals surface area contributed by atoms with E-state index in [0.29, 0.717) is 30.4 Å². The van der Waals surface area contributed by atoms with Gasteiger partial charge in [0.25, 0.3) is 11.7 Å². The van der Waals surface area contributed by atoms with E-state index in [2.05, 4.69) is 32.0 Å². The summed E-state index contributed by atoms with van der Waals surface area (Å²) >= 11 is 0. The van der Waals surface area contributed by atoms with Gasteiger partial charge in [0, 0.05) is 24.6 Å². The van der Waals surface area contributed by atoms with Gasteiger partial charge in [-0.25, -0.2) is 9.97 Å². The highest BCUT2D eigenvalue weighted by molar-refractivity contribution is 5.90. The molecule has 0 aliphatic heterocycles. The quantitative estimate of drug-likeness (QED) is 0.466. The molecule has 0 unspecified atom stereocenters. The number of aromatic nitrogens is 4. The van der Waals surface area contributed by atoms with E-state index in [-0.39, 0.29) is 23.8 Å². The Morgan fingerprint density at radius 3 is 2.71 bits per heavy atom. The van der Waals surface area contributed by atoms with Gasteiger partial charge in [-0.2, -0.15) is 4.98 Å². The summed E-state index contributed by atoms with van der Waals surface area (Å²) in [6.07, 6.45) is 4.31. The fraction of sp³-hybridized carbons (Fsp3) is 0.360. The fourth-order valence-electron chi connectivity index (χ4n) is 3.11. The molecule has 2 amide bonds. The summed E-state index contributed by atoms with van der Waals surface area (Å²) in [6.45, 7) is 12.2. The molecule has 0 fully saturated rings. The molecule has 10 heteroatoms. The third-order valence-corrected chi connectivity index (χ3v) is 5.24.